The lowest BCUT2D eigenvalue weighted by molar-refractivity contribution is -0.122. The fourth-order valence-electron chi connectivity index (χ4n) is 3.32. The number of hydrogen-bond donors (Lipinski definition) is 0. The Kier molecular flexibility index (Phi) is 4.03. The van der Waals surface area contributed by atoms with Crippen molar-refractivity contribution in [3.05, 3.63) is 41.5 Å². The zero-order chi connectivity index (χ0) is 16.6. The molecule has 1 aromatic rings. The number of esters is 1. The number of ether oxygens (including phenoxy) is 1. The van der Waals surface area contributed by atoms with Crippen molar-refractivity contribution in [2.24, 2.45) is 11.8 Å². The number of fused-ring (bicyclic) bond motifs is 1. The first kappa shape index (κ1) is 15.5. The van der Waals surface area contributed by atoms with Crippen LogP contribution in [0.25, 0.3) is 0 Å². The Labute approximate surface area is 134 Å². The number of benzene rings is 1. The van der Waals surface area contributed by atoms with Crippen LogP contribution >= 0.6 is 0 Å². The van der Waals surface area contributed by atoms with E-state index in [9.17, 15) is 14.4 Å². The number of carbonyl (C=O) groups excluding carboxylic acids is 3. The molecule has 0 aromatic heterocycles. The van der Waals surface area contributed by atoms with Crippen LogP contribution in [-0.4, -0.2) is 24.4 Å². The number of amides is 2. The molecule has 5 heteroatoms. The van der Waals surface area contributed by atoms with Crippen LogP contribution in [0.3, 0.4) is 0 Å². The fraction of sp³-hybridized carbons (Fsp3) is 0.389. The van der Waals surface area contributed by atoms with Gasteiger partial charge in [-0.15, -0.1) is 0 Å². The third-order valence-electron chi connectivity index (χ3n) is 4.46. The summed E-state index contributed by atoms with van der Waals surface area (Å²) in [6.45, 7) is 3.93. The second-order valence-electron chi connectivity index (χ2n) is 5.95. The van der Waals surface area contributed by atoms with Crippen molar-refractivity contribution in [3.8, 4) is 0 Å². The zero-order valence-electron chi connectivity index (χ0n) is 13.2. The molecule has 1 fully saturated rings. The third-order valence-corrected chi connectivity index (χ3v) is 4.46. The van der Waals surface area contributed by atoms with Gasteiger partial charge in [-0.3, -0.25) is 9.59 Å². The second-order valence-corrected chi connectivity index (χ2v) is 5.95. The van der Waals surface area contributed by atoms with E-state index in [-0.39, 0.29) is 35.8 Å². The number of allylic oxidation sites excluding steroid dienone is 2. The summed E-state index contributed by atoms with van der Waals surface area (Å²) >= 11 is 0. The highest BCUT2D eigenvalue weighted by Crippen LogP contribution is 2.40. The van der Waals surface area contributed by atoms with Crippen molar-refractivity contribution in [2.75, 3.05) is 11.5 Å². The van der Waals surface area contributed by atoms with Crippen LogP contribution < -0.4 is 4.90 Å². The van der Waals surface area contributed by atoms with Gasteiger partial charge in [-0.2, -0.15) is 0 Å². The topological polar surface area (TPSA) is 63.7 Å². The Hall–Kier alpha value is -2.43. The maximum absolute atomic E-state index is 12.8. The minimum absolute atomic E-state index is 0.218. The number of nitrogens with zero attached hydrogens (tertiary/aromatic N) is 1. The van der Waals surface area contributed by atoms with E-state index in [0.717, 1.165) is 5.57 Å². The largest absolute Gasteiger partial charge is 0.462 e. The number of anilines is 1. The molecule has 2 aliphatic rings. The fourth-order valence-corrected chi connectivity index (χ4v) is 3.32. The third kappa shape index (κ3) is 2.56. The van der Waals surface area contributed by atoms with Gasteiger partial charge in [0.05, 0.1) is 29.7 Å². The van der Waals surface area contributed by atoms with E-state index >= 15 is 0 Å². The molecule has 1 heterocycles. The molecule has 0 saturated carbocycles. The molecule has 5 nitrogen and oxygen atoms in total. The number of hydrogen-bond acceptors (Lipinski definition) is 4. The summed E-state index contributed by atoms with van der Waals surface area (Å²) in [5.74, 6) is -1.60. The lowest BCUT2D eigenvalue weighted by atomic mass is 9.82. The van der Waals surface area contributed by atoms with E-state index in [4.69, 9.17) is 4.74 Å². The maximum Gasteiger partial charge on any atom is 0.340 e. The standard InChI is InChI=1S/C18H19NO4/c1-3-23-18(22)13-6-4-5-7-15(13)19-16(20)12-9-8-11(2)10-14(12)17(19)21/h4-8,12,14H,3,9-10H2,1-2H3. The van der Waals surface area contributed by atoms with Gasteiger partial charge in [0.2, 0.25) is 11.8 Å². The zero-order valence-corrected chi connectivity index (χ0v) is 13.2. The molecule has 2 unspecified atom stereocenters. The molecule has 1 saturated heterocycles. The molecule has 1 aliphatic carbocycles. The molecule has 0 N–H and O–H groups in total. The van der Waals surface area contributed by atoms with Gasteiger partial charge in [-0.1, -0.05) is 23.8 Å². The number of para-hydroxylation sites is 1. The Morgan fingerprint density at radius 2 is 1.91 bits per heavy atom. The van der Waals surface area contributed by atoms with Gasteiger partial charge in [0.1, 0.15) is 0 Å². The van der Waals surface area contributed by atoms with Crippen LogP contribution in [0, 0.1) is 11.8 Å². The average Bonchev–Trinajstić information content (AvgIpc) is 2.78. The lowest BCUT2D eigenvalue weighted by Crippen LogP contribution is -2.32. The summed E-state index contributed by atoms with van der Waals surface area (Å²) < 4.78 is 5.04. The highest BCUT2D eigenvalue weighted by atomic mass is 16.5. The summed E-state index contributed by atoms with van der Waals surface area (Å²) in [5.41, 5.74) is 1.71. The van der Waals surface area contributed by atoms with Crippen molar-refractivity contribution in [3.63, 3.8) is 0 Å². The van der Waals surface area contributed by atoms with Crippen LogP contribution in [0.15, 0.2) is 35.9 Å². The van der Waals surface area contributed by atoms with Gasteiger partial charge >= 0.3 is 5.97 Å². The highest BCUT2D eigenvalue weighted by molar-refractivity contribution is 6.24. The number of rotatable bonds is 3. The van der Waals surface area contributed by atoms with Crippen molar-refractivity contribution < 1.29 is 19.1 Å². The van der Waals surface area contributed by atoms with Crippen LogP contribution in [0.4, 0.5) is 5.69 Å². The number of imide groups is 1. The molecule has 23 heavy (non-hydrogen) atoms. The molecule has 3 rings (SSSR count). The van der Waals surface area contributed by atoms with Crippen LogP contribution in [0.2, 0.25) is 0 Å². The van der Waals surface area contributed by atoms with E-state index < -0.39 is 5.97 Å². The van der Waals surface area contributed by atoms with Gasteiger partial charge in [0.25, 0.3) is 0 Å². The Bertz CT molecular complexity index is 707. The highest BCUT2D eigenvalue weighted by Gasteiger charge is 2.49. The van der Waals surface area contributed by atoms with Gasteiger partial charge < -0.3 is 4.74 Å². The van der Waals surface area contributed by atoms with E-state index in [0.29, 0.717) is 18.5 Å². The summed E-state index contributed by atoms with van der Waals surface area (Å²) in [5, 5.41) is 0. The van der Waals surface area contributed by atoms with Crippen LogP contribution in [-0.2, 0) is 14.3 Å². The van der Waals surface area contributed by atoms with Gasteiger partial charge in [-0.05, 0) is 38.8 Å². The van der Waals surface area contributed by atoms with Crippen molar-refractivity contribution in [1.82, 2.24) is 0 Å². The Morgan fingerprint density at radius 3 is 2.65 bits per heavy atom. The SMILES string of the molecule is CCOC(=O)c1ccccc1N1C(=O)C2CC=C(C)CC2C1=O. The quantitative estimate of drug-likeness (QED) is 0.489. The van der Waals surface area contributed by atoms with Crippen LogP contribution in [0.5, 0.6) is 0 Å². The molecule has 1 aromatic carbocycles. The summed E-state index contributed by atoms with van der Waals surface area (Å²) in [4.78, 5) is 38.8. The molecule has 0 radical (unpaired) electrons. The Balaban J connectivity index is 1.99. The van der Waals surface area contributed by atoms with Gasteiger partial charge in [0, 0.05) is 0 Å². The van der Waals surface area contributed by atoms with Crippen LogP contribution in [0.1, 0.15) is 37.0 Å². The van der Waals surface area contributed by atoms with E-state index in [1.54, 1.807) is 31.2 Å². The molecular weight excluding hydrogens is 294 g/mol. The molecule has 0 spiro atoms. The summed E-state index contributed by atoms with van der Waals surface area (Å²) in [7, 11) is 0. The molecule has 1 aliphatic heterocycles. The lowest BCUT2D eigenvalue weighted by Gasteiger charge is -2.19. The van der Waals surface area contributed by atoms with Crippen molar-refractivity contribution in [2.45, 2.75) is 26.7 Å². The van der Waals surface area contributed by atoms with E-state index in [1.165, 1.54) is 4.90 Å². The monoisotopic (exact) mass is 313 g/mol. The molecule has 2 amide bonds. The predicted molar refractivity (Wildman–Crippen MR) is 84.9 cm³/mol. The number of carbonyl (C=O) groups is 3. The smallest absolute Gasteiger partial charge is 0.340 e. The van der Waals surface area contributed by atoms with Crippen molar-refractivity contribution >= 4 is 23.5 Å². The maximum atomic E-state index is 12.8. The first-order valence-corrected chi connectivity index (χ1v) is 7.84. The molecule has 0 bridgehead atoms. The van der Waals surface area contributed by atoms with E-state index in [1.807, 2.05) is 13.0 Å². The molecule has 2 atom stereocenters. The summed E-state index contributed by atoms with van der Waals surface area (Å²) in [6.07, 6.45) is 3.21. The molecular formula is C18H19NO4. The van der Waals surface area contributed by atoms with Gasteiger partial charge in [-0.25, -0.2) is 9.69 Å². The molecule has 120 valence electrons. The first-order chi connectivity index (χ1) is 11.0. The minimum atomic E-state index is -0.520. The van der Waals surface area contributed by atoms with Gasteiger partial charge in [0.15, 0.2) is 0 Å². The summed E-state index contributed by atoms with van der Waals surface area (Å²) in [6, 6.07) is 6.61. The second kappa shape index (κ2) is 5.99. The average molecular weight is 313 g/mol. The Morgan fingerprint density at radius 1 is 1.22 bits per heavy atom. The van der Waals surface area contributed by atoms with E-state index in [2.05, 4.69) is 0 Å². The first-order valence-electron chi connectivity index (χ1n) is 7.84. The van der Waals surface area contributed by atoms with Crippen molar-refractivity contribution in [1.29, 1.82) is 0 Å². The predicted octanol–water partition coefficient (Wildman–Crippen LogP) is 2.71. The minimum Gasteiger partial charge on any atom is -0.462 e. The normalized spacial score (nSPS) is 23.6.